The van der Waals surface area contributed by atoms with Crippen LogP contribution in [0.3, 0.4) is 0 Å². The molecule has 10 atom stereocenters. The Labute approximate surface area is 313 Å². The van der Waals surface area contributed by atoms with E-state index in [4.69, 9.17) is 25.9 Å². The van der Waals surface area contributed by atoms with Gasteiger partial charge in [-0.05, 0) is 61.3 Å². The van der Waals surface area contributed by atoms with E-state index in [-0.39, 0.29) is 24.2 Å². The first-order chi connectivity index (χ1) is 25.1. The van der Waals surface area contributed by atoms with E-state index in [1.165, 1.54) is 24.1 Å². The van der Waals surface area contributed by atoms with Gasteiger partial charge in [-0.3, -0.25) is 29.7 Å². The highest BCUT2D eigenvalue weighted by atomic mass is 35.5. The summed E-state index contributed by atoms with van der Waals surface area (Å²) in [5.74, 6) is -3.03. The lowest BCUT2D eigenvalue weighted by Gasteiger charge is -2.56. The molecule has 0 bridgehead atoms. The van der Waals surface area contributed by atoms with Crippen molar-refractivity contribution in [2.75, 3.05) is 49.7 Å². The van der Waals surface area contributed by atoms with Gasteiger partial charge in [0.15, 0.2) is 18.4 Å². The van der Waals surface area contributed by atoms with Crippen LogP contribution in [-0.2, 0) is 29.5 Å². The molecule has 14 heteroatoms. The minimum absolute atomic E-state index is 0.0107. The van der Waals surface area contributed by atoms with Gasteiger partial charge in [-0.2, -0.15) is 0 Å². The predicted octanol–water partition coefficient (Wildman–Crippen LogP) is 4.53. The second-order valence-corrected chi connectivity index (χ2v) is 16.1. The van der Waals surface area contributed by atoms with Crippen LogP contribution in [0.2, 0.25) is 5.02 Å². The highest BCUT2D eigenvalue weighted by Crippen LogP contribution is 2.53. The average Bonchev–Trinajstić information content (AvgIpc) is 3.45. The van der Waals surface area contributed by atoms with Crippen molar-refractivity contribution in [3.63, 3.8) is 0 Å². The maximum Gasteiger partial charge on any atom is 0.323 e. The number of carbonyl (C=O) groups excluding carboxylic acids is 2. The Morgan fingerprint density at radius 3 is 2.55 bits per heavy atom. The summed E-state index contributed by atoms with van der Waals surface area (Å²) in [7, 11) is 1.67. The zero-order valence-corrected chi connectivity index (χ0v) is 31.5. The molecule has 0 radical (unpaired) electrons. The van der Waals surface area contributed by atoms with Crippen molar-refractivity contribution in [1.82, 2.24) is 10.2 Å². The molecule has 2 aliphatic carbocycles. The molecule has 0 spiro atoms. The number of hydrogen-bond acceptors (Lipinski definition) is 11. The van der Waals surface area contributed by atoms with Crippen LogP contribution in [0.25, 0.3) is 0 Å². The van der Waals surface area contributed by atoms with Crippen LogP contribution in [0, 0.1) is 35.3 Å². The number of hydroxylamine groups is 1. The Morgan fingerprint density at radius 1 is 1.11 bits per heavy atom. The molecule has 0 amide bonds. The largest absolute Gasteiger partial charge is 0.454 e. The smallest absolute Gasteiger partial charge is 0.323 e. The average molecular weight is 759 g/mol. The van der Waals surface area contributed by atoms with Crippen molar-refractivity contribution < 1.29 is 42.9 Å². The Hall–Kier alpha value is -3.33. The van der Waals surface area contributed by atoms with Gasteiger partial charge in [-0.1, -0.05) is 43.7 Å². The Bertz CT molecular complexity index is 1780. The van der Waals surface area contributed by atoms with E-state index in [9.17, 15) is 28.6 Å². The predicted molar refractivity (Wildman–Crippen MR) is 194 cm³/mol. The van der Waals surface area contributed by atoms with Crippen molar-refractivity contribution in [3.8, 4) is 0 Å². The Balaban J connectivity index is 1.10. The lowest BCUT2D eigenvalue weighted by molar-refractivity contribution is -0.225. The van der Waals surface area contributed by atoms with Crippen molar-refractivity contribution in [2.45, 2.75) is 82.6 Å². The fraction of sp³-hybridized carbons (Fsp3) is 0.590. The molecular weight excluding hydrogens is 710 g/mol. The molecule has 288 valence electrons. The van der Waals surface area contributed by atoms with Gasteiger partial charge in [0, 0.05) is 70.7 Å². The first-order valence-corrected chi connectivity index (χ1v) is 18.9. The molecule has 3 N–H and O–H groups in total. The standard InChI is InChI=1S/C39H49ClF2N4O7/c1-21-17-28-26(22(2)20-45-13-15-46(16-14-45)32-12-10-25(41)18-30(32)42)11-9-23(3)39(28,50)35(34(21)51-24(4)47)52-36(48)31-19-38(49)27-7-6-8-29(40)33(27)44(5)53-37(38)43-31/h6-8,10,12,17-18,22-23,26,28,31,34-35,37,43,49-50H,9,11,13-16,19-20H2,1-5H3/t22?,23-,26+,28-,31+,34-,35+,37-,38-,39-/m1/s1. The highest BCUT2D eigenvalue weighted by molar-refractivity contribution is 6.33. The van der Waals surface area contributed by atoms with Crippen molar-refractivity contribution in [3.05, 3.63) is 70.3 Å². The van der Waals surface area contributed by atoms with E-state index < -0.39 is 65.2 Å². The van der Waals surface area contributed by atoms with Crippen LogP contribution in [0.4, 0.5) is 20.2 Å². The summed E-state index contributed by atoms with van der Waals surface area (Å²) in [6, 6.07) is 7.83. The van der Waals surface area contributed by atoms with Crippen LogP contribution >= 0.6 is 11.6 Å². The summed E-state index contributed by atoms with van der Waals surface area (Å²) >= 11 is 6.46. The third-order valence-electron chi connectivity index (χ3n) is 12.4. The zero-order valence-electron chi connectivity index (χ0n) is 30.7. The maximum atomic E-state index is 14.5. The summed E-state index contributed by atoms with van der Waals surface area (Å²) in [5, 5.41) is 29.7. The van der Waals surface area contributed by atoms with E-state index in [1.54, 1.807) is 25.2 Å². The van der Waals surface area contributed by atoms with E-state index in [0.29, 0.717) is 60.1 Å². The van der Waals surface area contributed by atoms with Gasteiger partial charge in [-0.25, -0.2) is 8.78 Å². The van der Waals surface area contributed by atoms with Crippen LogP contribution in [-0.4, -0.2) is 96.9 Å². The summed E-state index contributed by atoms with van der Waals surface area (Å²) in [5.41, 5.74) is -1.06. The molecule has 3 aliphatic heterocycles. The maximum absolute atomic E-state index is 14.5. The minimum Gasteiger partial charge on any atom is -0.454 e. The van der Waals surface area contributed by atoms with Crippen molar-refractivity contribution in [1.29, 1.82) is 0 Å². The summed E-state index contributed by atoms with van der Waals surface area (Å²) in [6.07, 6.45) is 0.230. The van der Waals surface area contributed by atoms with E-state index >= 15 is 0 Å². The molecule has 2 saturated heterocycles. The lowest BCUT2D eigenvalue weighted by Crippen LogP contribution is -2.66. The topological polar surface area (TPSA) is 124 Å². The number of aliphatic hydroxyl groups is 2. The molecule has 11 nitrogen and oxygen atoms in total. The normalized spacial score (nSPS) is 34.8. The molecule has 3 heterocycles. The fourth-order valence-corrected chi connectivity index (χ4v) is 9.91. The number of nitrogens with one attached hydrogen (secondary N) is 1. The first kappa shape index (κ1) is 38.0. The fourth-order valence-electron chi connectivity index (χ4n) is 9.61. The second-order valence-electron chi connectivity index (χ2n) is 15.7. The molecular formula is C39H49ClF2N4O7. The molecule has 1 unspecified atom stereocenters. The van der Waals surface area contributed by atoms with E-state index in [0.717, 1.165) is 19.0 Å². The first-order valence-electron chi connectivity index (χ1n) is 18.5. The molecule has 53 heavy (non-hydrogen) atoms. The zero-order chi connectivity index (χ0) is 38.0. The molecule has 2 aromatic carbocycles. The molecule has 5 aliphatic rings. The van der Waals surface area contributed by atoms with Gasteiger partial charge < -0.3 is 24.6 Å². The van der Waals surface area contributed by atoms with Gasteiger partial charge in [0.2, 0.25) is 0 Å². The minimum atomic E-state index is -1.59. The Kier molecular flexibility index (Phi) is 10.3. The van der Waals surface area contributed by atoms with Crippen molar-refractivity contribution in [2.24, 2.45) is 23.7 Å². The number of para-hydroxylation sites is 1. The molecule has 0 aromatic heterocycles. The number of nitrogens with zero attached hydrogens (tertiary/aromatic N) is 3. The number of halogens is 3. The van der Waals surface area contributed by atoms with Crippen molar-refractivity contribution >= 4 is 34.9 Å². The highest BCUT2D eigenvalue weighted by Gasteiger charge is 2.62. The lowest BCUT2D eigenvalue weighted by atomic mass is 9.55. The van der Waals surface area contributed by atoms with Crippen LogP contribution in [0.15, 0.2) is 48.0 Å². The number of rotatable bonds is 7. The number of fused-ring (bicyclic) bond motifs is 4. The number of hydrogen-bond donors (Lipinski definition) is 3. The monoisotopic (exact) mass is 758 g/mol. The third-order valence-corrected chi connectivity index (χ3v) is 12.7. The number of anilines is 2. The van der Waals surface area contributed by atoms with Gasteiger partial charge in [0.1, 0.15) is 28.9 Å². The van der Waals surface area contributed by atoms with Gasteiger partial charge in [0.05, 0.1) is 16.4 Å². The number of esters is 2. The number of carbonyl (C=O) groups is 2. The number of ether oxygens (including phenoxy) is 2. The molecule has 2 aromatic rings. The quantitative estimate of drug-likeness (QED) is 0.273. The SMILES string of the molecule is CC(=O)O[C@@H]1C(C)=C[C@@H]2[C@H](C(C)CN3CCN(c4ccc(F)cc4F)CC3)CC[C@@H](C)[C@]2(O)[C@H]1OC(=O)[C@@H]1C[C@@]2(O)c3cccc(Cl)c3N(C)O[C@H]2N1. The van der Waals surface area contributed by atoms with Crippen LogP contribution < -0.4 is 15.3 Å². The van der Waals surface area contributed by atoms with Gasteiger partial charge >= 0.3 is 11.9 Å². The third kappa shape index (κ3) is 6.71. The van der Waals surface area contributed by atoms with Gasteiger partial charge in [0.25, 0.3) is 0 Å². The number of benzene rings is 2. The summed E-state index contributed by atoms with van der Waals surface area (Å²) < 4.78 is 40.1. The molecule has 3 fully saturated rings. The van der Waals surface area contributed by atoms with E-state index in [1.807, 2.05) is 24.8 Å². The van der Waals surface area contributed by atoms with Crippen LogP contribution in [0.5, 0.6) is 0 Å². The second kappa shape index (κ2) is 14.4. The summed E-state index contributed by atoms with van der Waals surface area (Å²) in [6.45, 7) is 10.5. The Morgan fingerprint density at radius 2 is 1.85 bits per heavy atom. The summed E-state index contributed by atoms with van der Waals surface area (Å²) in [4.78, 5) is 36.8. The van der Waals surface area contributed by atoms with Gasteiger partial charge in [-0.15, -0.1) is 0 Å². The van der Waals surface area contributed by atoms with E-state index in [2.05, 4.69) is 17.1 Å². The molecule has 7 rings (SSSR count). The molecule has 1 saturated carbocycles. The number of piperazine rings is 1. The van der Waals surface area contributed by atoms with Crippen LogP contribution in [0.1, 0.15) is 52.5 Å².